The van der Waals surface area contributed by atoms with E-state index in [9.17, 15) is 8.42 Å². The molecule has 0 aliphatic rings. The van der Waals surface area contributed by atoms with Crippen LogP contribution >= 0.6 is 23.4 Å². The Labute approximate surface area is 118 Å². The average molecular weight is 308 g/mol. The molecule has 3 nitrogen and oxygen atoms in total. The van der Waals surface area contributed by atoms with Crippen molar-refractivity contribution in [2.24, 2.45) is 0 Å². The highest BCUT2D eigenvalue weighted by molar-refractivity contribution is 7.99. The Balaban J connectivity index is 2.72. The van der Waals surface area contributed by atoms with Crippen molar-refractivity contribution in [3.63, 3.8) is 0 Å². The maximum atomic E-state index is 12.0. The first-order valence-electron chi connectivity index (χ1n) is 5.67. The van der Waals surface area contributed by atoms with E-state index < -0.39 is 10.0 Å². The number of hydrogen-bond donors (Lipinski definition) is 1. The molecule has 0 amide bonds. The van der Waals surface area contributed by atoms with E-state index in [2.05, 4.69) is 4.72 Å². The normalized spacial score (nSPS) is 13.5. The second-order valence-electron chi connectivity index (χ2n) is 3.98. The Morgan fingerprint density at radius 1 is 1.33 bits per heavy atom. The summed E-state index contributed by atoms with van der Waals surface area (Å²) in [6, 6.07) is 6.84. The van der Waals surface area contributed by atoms with Crippen LogP contribution < -0.4 is 4.72 Å². The van der Waals surface area contributed by atoms with Crippen LogP contribution in [0.15, 0.2) is 29.2 Å². The zero-order chi connectivity index (χ0) is 13.6. The summed E-state index contributed by atoms with van der Waals surface area (Å²) < 4.78 is 26.6. The fourth-order valence-corrected chi connectivity index (χ4v) is 3.04. The molecule has 0 radical (unpaired) electrons. The largest absolute Gasteiger partial charge is 0.240 e. The number of thioether (sulfide) groups is 1. The van der Waals surface area contributed by atoms with Gasteiger partial charge in [-0.2, -0.15) is 11.8 Å². The van der Waals surface area contributed by atoms with E-state index in [1.54, 1.807) is 36.0 Å². The first-order chi connectivity index (χ1) is 8.49. The summed E-state index contributed by atoms with van der Waals surface area (Å²) in [6.45, 7) is 2.42. The highest BCUT2D eigenvalue weighted by atomic mass is 35.5. The van der Waals surface area contributed by atoms with Gasteiger partial charge >= 0.3 is 0 Å². The molecule has 0 spiro atoms. The minimum Gasteiger partial charge on any atom is -0.210 e. The standard InChI is InChI=1S/C12H18ClNO2S2/c1-10(17-2)9-14-18(15,16)12-5-3-11(4-6-12)7-8-13/h3-6,10,14H,7-9H2,1-2H3. The van der Waals surface area contributed by atoms with E-state index in [1.807, 2.05) is 13.2 Å². The van der Waals surface area contributed by atoms with Gasteiger partial charge in [-0.3, -0.25) is 0 Å². The molecule has 0 aromatic heterocycles. The van der Waals surface area contributed by atoms with Crippen LogP contribution in [-0.2, 0) is 16.4 Å². The zero-order valence-electron chi connectivity index (χ0n) is 10.5. The summed E-state index contributed by atoms with van der Waals surface area (Å²) in [7, 11) is -3.39. The highest BCUT2D eigenvalue weighted by Crippen LogP contribution is 2.12. The molecule has 1 rings (SSSR count). The van der Waals surface area contributed by atoms with Crippen molar-refractivity contribution in [3.05, 3.63) is 29.8 Å². The molecule has 1 atom stereocenters. The van der Waals surface area contributed by atoms with Crippen molar-refractivity contribution in [3.8, 4) is 0 Å². The zero-order valence-corrected chi connectivity index (χ0v) is 12.9. The molecule has 0 fully saturated rings. The van der Waals surface area contributed by atoms with Gasteiger partial charge in [0.15, 0.2) is 0 Å². The summed E-state index contributed by atoms with van der Waals surface area (Å²) in [5.74, 6) is 0.537. The van der Waals surface area contributed by atoms with Crippen LogP contribution in [0, 0.1) is 0 Å². The number of alkyl halides is 1. The Hall–Kier alpha value is -0.230. The number of nitrogens with one attached hydrogen (secondary N) is 1. The summed E-state index contributed by atoms with van der Waals surface area (Å²) in [5.41, 5.74) is 1.04. The number of halogens is 1. The fourth-order valence-electron chi connectivity index (χ4n) is 1.34. The predicted molar refractivity (Wildman–Crippen MR) is 79.0 cm³/mol. The lowest BCUT2D eigenvalue weighted by atomic mass is 10.2. The van der Waals surface area contributed by atoms with Crippen LogP contribution in [0.1, 0.15) is 12.5 Å². The van der Waals surface area contributed by atoms with Crippen molar-refractivity contribution in [1.29, 1.82) is 0 Å². The highest BCUT2D eigenvalue weighted by Gasteiger charge is 2.14. The molecule has 6 heteroatoms. The number of aryl methyl sites for hydroxylation is 1. The molecule has 0 heterocycles. The molecule has 0 aliphatic heterocycles. The van der Waals surface area contributed by atoms with Crippen molar-refractivity contribution >= 4 is 33.4 Å². The van der Waals surface area contributed by atoms with E-state index in [4.69, 9.17) is 11.6 Å². The smallest absolute Gasteiger partial charge is 0.210 e. The van der Waals surface area contributed by atoms with Crippen LogP contribution in [0.2, 0.25) is 0 Å². The molecular formula is C12H18ClNO2S2. The molecule has 1 aromatic carbocycles. The second kappa shape index (κ2) is 7.38. The minimum absolute atomic E-state index is 0.260. The van der Waals surface area contributed by atoms with E-state index >= 15 is 0 Å². The van der Waals surface area contributed by atoms with Crippen molar-refractivity contribution in [2.45, 2.75) is 23.5 Å². The third-order valence-corrected chi connectivity index (χ3v) is 5.18. The number of rotatable bonds is 7. The number of sulfonamides is 1. The van der Waals surface area contributed by atoms with Crippen LogP contribution in [-0.4, -0.2) is 32.3 Å². The predicted octanol–water partition coefficient (Wildman–Crippen LogP) is 2.50. The molecule has 102 valence electrons. The van der Waals surface area contributed by atoms with Gasteiger partial charge in [0.05, 0.1) is 4.90 Å². The molecule has 1 unspecified atom stereocenters. The fraction of sp³-hybridized carbons (Fsp3) is 0.500. The molecule has 0 saturated heterocycles. The molecule has 0 saturated carbocycles. The van der Waals surface area contributed by atoms with Gasteiger partial charge in [-0.15, -0.1) is 11.6 Å². The van der Waals surface area contributed by atoms with Crippen molar-refractivity contribution in [1.82, 2.24) is 4.72 Å². The summed E-state index contributed by atoms with van der Waals surface area (Å²) in [5, 5.41) is 0.260. The topological polar surface area (TPSA) is 46.2 Å². The number of hydrogen-bond acceptors (Lipinski definition) is 3. The minimum atomic E-state index is -3.39. The van der Waals surface area contributed by atoms with E-state index in [0.29, 0.717) is 17.3 Å². The summed E-state index contributed by atoms with van der Waals surface area (Å²) >= 11 is 7.26. The first kappa shape index (κ1) is 15.8. The monoisotopic (exact) mass is 307 g/mol. The Bertz CT molecular complexity index is 459. The molecule has 0 bridgehead atoms. The van der Waals surface area contributed by atoms with E-state index in [1.165, 1.54) is 0 Å². The van der Waals surface area contributed by atoms with Gasteiger partial charge in [-0.25, -0.2) is 13.1 Å². The molecule has 1 N–H and O–H groups in total. The first-order valence-corrected chi connectivity index (χ1v) is 8.97. The molecule has 1 aromatic rings. The van der Waals surface area contributed by atoms with Gasteiger partial charge in [-0.1, -0.05) is 19.1 Å². The van der Waals surface area contributed by atoms with Gasteiger partial charge in [0.2, 0.25) is 10.0 Å². The quantitative estimate of drug-likeness (QED) is 0.787. The van der Waals surface area contributed by atoms with E-state index in [0.717, 1.165) is 12.0 Å². The maximum Gasteiger partial charge on any atom is 0.240 e. The van der Waals surface area contributed by atoms with Crippen LogP contribution in [0.5, 0.6) is 0 Å². The van der Waals surface area contributed by atoms with Gasteiger partial charge in [0, 0.05) is 17.7 Å². The second-order valence-corrected chi connectivity index (χ2v) is 7.40. The third-order valence-electron chi connectivity index (χ3n) is 2.58. The summed E-state index contributed by atoms with van der Waals surface area (Å²) in [4.78, 5) is 0.300. The summed E-state index contributed by atoms with van der Waals surface area (Å²) in [6.07, 6.45) is 2.71. The van der Waals surface area contributed by atoms with Crippen molar-refractivity contribution < 1.29 is 8.42 Å². The average Bonchev–Trinajstić information content (AvgIpc) is 2.37. The van der Waals surface area contributed by atoms with Crippen molar-refractivity contribution in [2.75, 3.05) is 18.7 Å². The Morgan fingerprint density at radius 3 is 2.44 bits per heavy atom. The van der Waals surface area contributed by atoms with Crippen LogP contribution in [0.4, 0.5) is 0 Å². The van der Waals surface area contributed by atoms with E-state index in [-0.39, 0.29) is 5.25 Å². The maximum absolute atomic E-state index is 12.0. The van der Waals surface area contributed by atoms with Gasteiger partial charge < -0.3 is 0 Å². The lowest BCUT2D eigenvalue weighted by Gasteiger charge is -2.11. The molecular weight excluding hydrogens is 290 g/mol. The third kappa shape index (κ3) is 4.80. The number of benzene rings is 1. The van der Waals surface area contributed by atoms with Gasteiger partial charge in [0.1, 0.15) is 0 Å². The molecule has 0 aliphatic carbocycles. The Kier molecular flexibility index (Phi) is 6.49. The Morgan fingerprint density at radius 2 is 1.94 bits per heavy atom. The van der Waals surface area contributed by atoms with Gasteiger partial charge in [-0.05, 0) is 30.4 Å². The lowest BCUT2D eigenvalue weighted by Crippen LogP contribution is -2.29. The lowest BCUT2D eigenvalue weighted by molar-refractivity contribution is 0.581. The van der Waals surface area contributed by atoms with Crippen LogP contribution in [0.25, 0.3) is 0 Å². The van der Waals surface area contributed by atoms with Gasteiger partial charge in [0.25, 0.3) is 0 Å². The SMILES string of the molecule is CSC(C)CNS(=O)(=O)c1ccc(CCCl)cc1. The molecule has 18 heavy (non-hydrogen) atoms. The van der Waals surface area contributed by atoms with Crippen LogP contribution in [0.3, 0.4) is 0 Å².